The van der Waals surface area contributed by atoms with E-state index < -0.39 is 0 Å². The normalized spacial score (nSPS) is 18.6. The highest BCUT2D eigenvalue weighted by Gasteiger charge is 2.39. The number of carbonyl (C=O) groups excluding carboxylic acids is 1. The standard InChI is InChI=1S/C21H25N3O3/c1-23(16-17-5-3-2-4-6-17)20(25)19-8-7-18(15-22-19)24-11-9-21(10-12-24)26-13-14-27-21/h2-8,15H,9-14,16H2,1H3. The van der Waals surface area contributed by atoms with Crippen molar-refractivity contribution in [2.75, 3.05) is 38.3 Å². The highest BCUT2D eigenvalue weighted by Crippen LogP contribution is 2.33. The summed E-state index contributed by atoms with van der Waals surface area (Å²) in [5, 5.41) is 0. The molecular weight excluding hydrogens is 342 g/mol. The van der Waals surface area contributed by atoms with Crippen LogP contribution in [-0.4, -0.2) is 54.9 Å². The average Bonchev–Trinajstić information content (AvgIpc) is 3.17. The van der Waals surface area contributed by atoms with Crippen molar-refractivity contribution in [2.24, 2.45) is 0 Å². The van der Waals surface area contributed by atoms with Gasteiger partial charge in [0.15, 0.2) is 5.79 Å². The fraction of sp³-hybridized carbons (Fsp3) is 0.429. The molecule has 0 radical (unpaired) electrons. The number of hydrogen-bond donors (Lipinski definition) is 0. The van der Waals surface area contributed by atoms with Crippen LogP contribution in [0.2, 0.25) is 0 Å². The fourth-order valence-corrected chi connectivity index (χ4v) is 3.72. The number of amides is 1. The quantitative estimate of drug-likeness (QED) is 0.832. The molecule has 142 valence electrons. The Kier molecular flexibility index (Phi) is 5.09. The minimum absolute atomic E-state index is 0.0734. The van der Waals surface area contributed by atoms with Crippen molar-refractivity contribution in [3.05, 3.63) is 59.9 Å². The molecular formula is C21H25N3O3. The van der Waals surface area contributed by atoms with Gasteiger partial charge in [0, 0.05) is 39.5 Å². The molecule has 2 aliphatic rings. The van der Waals surface area contributed by atoms with Crippen LogP contribution in [0.5, 0.6) is 0 Å². The minimum atomic E-state index is -0.375. The predicted molar refractivity (Wildman–Crippen MR) is 103 cm³/mol. The first-order valence-electron chi connectivity index (χ1n) is 9.44. The predicted octanol–water partition coefficient (Wildman–Crippen LogP) is 2.70. The summed E-state index contributed by atoms with van der Waals surface area (Å²) in [6.07, 6.45) is 3.50. The van der Waals surface area contributed by atoms with Crippen LogP contribution in [-0.2, 0) is 16.0 Å². The van der Waals surface area contributed by atoms with Crippen LogP contribution in [0.1, 0.15) is 28.9 Å². The number of hydrogen-bond acceptors (Lipinski definition) is 5. The van der Waals surface area contributed by atoms with Gasteiger partial charge >= 0.3 is 0 Å². The van der Waals surface area contributed by atoms with Crippen LogP contribution in [0.15, 0.2) is 48.7 Å². The van der Waals surface area contributed by atoms with Crippen molar-refractivity contribution in [1.29, 1.82) is 0 Å². The fourth-order valence-electron chi connectivity index (χ4n) is 3.72. The lowest BCUT2D eigenvalue weighted by Crippen LogP contribution is -2.45. The molecule has 3 heterocycles. The van der Waals surface area contributed by atoms with Crippen molar-refractivity contribution in [3.63, 3.8) is 0 Å². The number of pyridine rings is 1. The Balaban J connectivity index is 1.36. The summed E-state index contributed by atoms with van der Waals surface area (Å²) in [5.74, 6) is -0.448. The SMILES string of the molecule is CN(Cc1ccccc1)C(=O)c1ccc(N2CCC3(CC2)OCCO3)cn1. The van der Waals surface area contributed by atoms with Crippen molar-refractivity contribution >= 4 is 11.6 Å². The smallest absolute Gasteiger partial charge is 0.272 e. The van der Waals surface area contributed by atoms with Gasteiger partial charge in [0.05, 0.1) is 25.1 Å². The van der Waals surface area contributed by atoms with Crippen LogP contribution < -0.4 is 4.90 Å². The van der Waals surface area contributed by atoms with Crippen LogP contribution in [0.4, 0.5) is 5.69 Å². The van der Waals surface area contributed by atoms with E-state index in [2.05, 4.69) is 9.88 Å². The van der Waals surface area contributed by atoms with Crippen molar-refractivity contribution < 1.29 is 14.3 Å². The number of aromatic nitrogens is 1. The Morgan fingerprint density at radius 2 is 1.81 bits per heavy atom. The molecule has 0 atom stereocenters. The van der Waals surface area contributed by atoms with Gasteiger partial charge in [0.1, 0.15) is 5.69 Å². The minimum Gasteiger partial charge on any atom is -0.370 e. The third-order valence-electron chi connectivity index (χ3n) is 5.28. The Morgan fingerprint density at radius 1 is 1.11 bits per heavy atom. The summed E-state index contributed by atoms with van der Waals surface area (Å²) >= 11 is 0. The number of ether oxygens (including phenoxy) is 2. The summed E-state index contributed by atoms with van der Waals surface area (Å²) < 4.78 is 11.6. The third kappa shape index (κ3) is 3.96. The Morgan fingerprint density at radius 3 is 2.44 bits per heavy atom. The van der Waals surface area contributed by atoms with E-state index in [-0.39, 0.29) is 11.7 Å². The molecule has 0 unspecified atom stereocenters. The van der Waals surface area contributed by atoms with Gasteiger partial charge in [0.2, 0.25) is 0 Å². The van der Waals surface area contributed by atoms with Gasteiger partial charge in [-0.3, -0.25) is 4.79 Å². The molecule has 6 heteroatoms. The number of piperidine rings is 1. The summed E-state index contributed by atoms with van der Waals surface area (Å²) in [6, 6.07) is 13.7. The number of rotatable bonds is 4. The lowest BCUT2D eigenvalue weighted by Gasteiger charge is -2.38. The maximum absolute atomic E-state index is 12.6. The monoisotopic (exact) mass is 367 g/mol. The first-order chi connectivity index (χ1) is 13.2. The van der Waals surface area contributed by atoms with E-state index in [9.17, 15) is 4.79 Å². The molecule has 1 amide bonds. The molecule has 1 spiro atoms. The zero-order valence-corrected chi connectivity index (χ0v) is 15.6. The van der Waals surface area contributed by atoms with E-state index in [4.69, 9.17) is 9.47 Å². The molecule has 0 bridgehead atoms. The number of nitrogens with zero attached hydrogens (tertiary/aromatic N) is 3. The summed E-state index contributed by atoms with van der Waals surface area (Å²) in [6.45, 7) is 3.67. The molecule has 4 rings (SSSR count). The highest BCUT2D eigenvalue weighted by atomic mass is 16.7. The Bertz CT molecular complexity index is 763. The lowest BCUT2D eigenvalue weighted by molar-refractivity contribution is -0.169. The maximum Gasteiger partial charge on any atom is 0.272 e. The number of benzene rings is 1. The topological polar surface area (TPSA) is 54.9 Å². The summed E-state index contributed by atoms with van der Waals surface area (Å²) in [4.78, 5) is 21.0. The van der Waals surface area contributed by atoms with Gasteiger partial charge < -0.3 is 19.3 Å². The zero-order valence-electron chi connectivity index (χ0n) is 15.6. The third-order valence-corrected chi connectivity index (χ3v) is 5.28. The lowest BCUT2D eigenvalue weighted by atomic mass is 10.0. The molecule has 6 nitrogen and oxygen atoms in total. The molecule has 1 aromatic carbocycles. The van der Waals surface area contributed by atoms with Crippen molar-refractivity contribution in [2.45, 2.75) is 25.2 Å². The van der Waals surface area contributed by atoms with Crippen molar-refractivity contribution in [1.82, 2.24) is 9.88 Å². The molecule has 0 saturated carbocycles. The van der Waals surface area contributed by atoms with E-state index in [0.29, 0.717) is 25.5 Å². The Hall–Kier alpha value is -2.44. The van der Waals surface area contributed by atoms with Gasteiger partial charge in [-0.2, -0.15) is 0 Å². The highest BCUT2D eigenvalue weighted by molar-refractivity contribution is 5.92. The summed E-state index contributed by atoms with van der Waals surface area (Å²) in [7, 11) is 1.80. The molecule has 2 fully saturated rings. The van der Waals surface area contributed by atoms with E-state index in [0.717, 1.165) is 37.2 Å². The second-order valence-electron chi connectivity index (χ2n) is 7.14. The zero-order chi connectivity index (χ0) is 18.7. The van der Waals surface area contributed by atoms with E-state index in [1.807, 2.05) is 42.5 Å². The first-order valence-corrected chi connectivity index (χ1v) is 9.44. The molecule has 2 aliphatic heterocycles. The second-order valence-corrected chi connectivity index (χ2v) is 7.14. The molecule has 27 heavy (non-hydrogen) atoms. The van der Waals surface area contributed by atoms with E-state index in [1.165, 1.54) is 0 Å². The van der Waals surface area contributed by atoms with Gasteiger partial charge in [-0.1, -0.05) is 30.3 Å². The largest absolute Gasteiger partial charge is 0.370 e. The van der Waals surface area contributed by atoms with Gasteiger partial charge in [-0.25, -0.2) is 4.98 Å². The first kappa shape index (κ1) is 17.9. The van der Waals surface area contributed by atoms with E-state index in [1.54, 1.807) is 18.1 Å². The molecule has 2 aromatic rings. The summed E-state index contributed by atoms with van der Waals surface area (Å²) in [5.41, 5.74) is 2.60. The van der Waals surface area contributed by atoms with Crippen LogP contribution >= 0.6 is 0 Å². The van der Waals surface area contributed by atoms with Crippen LogP contribution in [0.3, 0.4) is 0 Å². The van der Waals surface area contributed by atoms with Crippen LogP contribution in [0.25, 0.3) is 0 Å². The van der Waals surface area contributed by atoms with E-state index >= 15 is 0 Å². The van der Waals surface area contributed by atoms with Gasteiger partial charge in [-0.15, -0.1) is 0 Å². The van der Waals surface area contributed by atoms with Gasteiger partial charge in [-0.05, 0) is 17.7 Å². The molecule has 0 aliphatic carbocycles. The maximum atomic E-state index is 12.6. The molecule has 2 saturated heterocycles. The average molecular weight is 367 g/mol. The molecule has 1 aromatic heterocycles. The number of carbonyl (C=O) groups is 1. The van der Waals surface area contributed by atoms with Crippen molar-refractivity contribution in [3.8, 4) is 0 Å². The second kappa shape index (κ2) is 7.66. The van der Waals surface area contributed by atoms with Crippen LogP contribution in [0, 0.1) is 0 Å². The Labute approximate surface area is 159 Å². The van der Waals surface area contributed by atoms with Gasteiger partial charge in [0.25, 0.3) is 5.91 Å². The number of anilines is 1. The molecule has 0 N–H and O–H groups in total.